The molecule has 0 bridgehead atoms. The van der Waals surface area contributed by atoms with Crippen molar-refractivity contribution in [2.75, 3.05) is 13.2 Å². The van der Waals surface area contributed by atoms with Crippen LogP contribution in [0.3, 0.4) is 0 Å². The Morgan fingerprint density at radius 1 is 1.25 bits per heavy atom. The first kappa shape index (κ1) is 17.0. The van der Waals surface area contributed by atoms with Gasteiger partial charge in [0.25, 0.3) is 0 Å². The number of ether oxygens (including phenoxy) is 1. The lowest BCUT2D eigenvalue weighted by molar-refractivity contribution is 0.0983. The van der Waals surface area contributed by atoms with E-state index in [0.29, 0.717) is 19.2 Å². The van der Waals surface area contributed by atoms with Crippen molar-refractivity contribution in [2.45, 2.75) is 53.7 Å². The van der Waals surface area contributed by atoms with E-state index in [1.807, 2.05) is 19.1 Å². The van der Waals surface area contributed by atoms with Crippen LogP contribution in [0.2, 0.25) is 0 Å². The Balaban J connectivity index is 2.38. The summed E-state index contributed by atoms with van der Waals surface area (Å²) in [5.41, 5.74) is 2.51. The van der Waals surface area contributed by atoms with Gasteiger partial charge in [-0.15, -0.1) is 0 Å². The highest BCUT2D eigenvalue weighted by Gasteiger charge is 2.20. The first-order chi connectivity index (χ1) is 9.20. The van der Waals surface area contributed by atoms with Gasteiger partial charge >= 0.3 is 0 Å². The average Bonchev–Trinajstić information content (AvgIpc) is 2.33. The molecular weight excluding hydrogens is 250 g/mol. The number of aliphatic hydroxyl groups excluding tert-OH is 1. The highest BCUT2D eigenvalue weighted by molar-refractivity contribution is 5.35. The summed E-state index contributed by atoms with van der Waals surface area (Å²) in [5.74, 6) is 0.846. The monoisotopic (exact) mass is 279 g/mol. The van der Waals surface area contributed by atoms with Crippen molar-refractivity contribution in [1.82, 2.24) is 5.32 Å². The van der Waals surface area contributed by atoms with E-state index < -0.39 is 6.10 Å². The van der Waals surface area contributed by atoms with E-state index in [4.69, 9.17) is 4.74 Å². The van der Waals surface area contributed by atoms with Crippen molar-refractivity contribution in [1.29, 1.82) is 0 Å². The normalized spacial score (nSPS) is 14.9. The fourth-order valence-corrected chi connectivity index (χ4v) is 1.83. The number of hydrogen-bond acceptors (Lipinski definition) is 3. The Kier molecular flexibility index (Phi) is 6.03. The predicted octanol–water partition coefficient (Wildman–Crippen LogP) is 3.07. The Morgan fingerprint density at radius 2 is 1.90 bits per heavy atom. The number of aryl methyl sites for hydroxylation is 2. The van der Waals surface area contributed by atoms with E-state index in [1.165, 1.54) is 5.56 Å². The van der Waals surface area contributed by atoms with Crippen LogP contribution in [0.1, 0.15) is 38.8 Å². The molecule has 2 N–H and O–H groups in total. The Labute approximate surface area is 123 Å². The van der Waals surface area contributed by atoms with Gasteiger partial charge < -0.3 is 15.2 Å². The van der Waals surface area contributed by atoms with Crippen LogP contribution >= 0.6 is 0 Å². The van der Waals surface area contributed by atoms with Crippen molar-refractivity contribution in [2.24, 2.45) is 5.41 Å². The van der Waals surface area contributed by atoms with Crippen LogP contribution in [0.25, 0.3) is 0 Å². The molecule has 114 valence electrons. The second kappa shape index (κ2) is 7.09. The summed E-state index contributed by atoms with van der Waals surface area (Å²) in [6, 6.07) is 6.41. The molecule has 0 aliphatic heterocycles. The molecule has 20 heavy (non-hydrogen) atoms. The molecule has 1 rings (SSSR count). The molecule has 1 aromatic carbocycles. The zero-order valence-electron chi connectivity index (χ0n) is 13.7. The fourth-order valence-electron chi connectivity index (χ4n) is 1.83. The minimum atomic E-state index is -0.500. The molecule has 1 aromatic rings. The van der Waals surface area contributed by atoms with E-state index >= 15 is 0 Å². The van der Waals surface area contributed by atoms with E-state index in [-0.39, 0.29) is 5.41 Å². The fraction of sp³-hybridized carbons (Fsp3) is 0.647. The maximum Gasteiger partial charge on any atom is 0.122 e. The van der Waals surface area contributed by atoms with Crippen molar-refractivity contribution >= 4 is 0 Å². The van der Waals surface area contributed by atoms with Crippen molar-refractivity contribution in [3.63, 3.8) is 0 Å². The molecule has 3 heteroatoms. The second-order valence-corrected chi connectivity index (χ2v) is 6.73. The summed E-state index contributed by atoms with van der Waals surface area (Å²) in [7, 11) is 0. The zero-order valence-corrected chi connectivity index (χ0v) is 13.7. The Bertz CT molecular complexity index is 423. The number of aliphatic hydroxyl groups is 1. The number of rotatable bonds is 6. The van der Waals surface area contributed by atoms with Crippen LogP contribution < -0.4 is 10.1 Å². The third-order valence-electron chi connectivity index (χ3n) is 3.72. The van der Waals surface area contributed by atoms with Crippen LogP contribution in [0.5, 0.6) is 5.75 Å². The van der Waals surface area contributed by atoms with Gasteiger partial charge in [0.15, 0.2) is 0 Å². The SMILES string of the molecule is Cc1ccc(OC[C@H](O)CN[C@H](C)C(C)(C)C)c(C)c1. The first-order valence-electron chi connectivity index (χ1n) is 7.31. The molecule has 0 radical (unpaired) electrons. The van der Waals surface area contributed by atoms with Gasteiger partial charge in [0.1, 0.15) is 18.5 Å². The summed E-state index contributed by atoms with van der Waals surface area (Å²) in [4.78, 5) is 0. The van der Waals surface area contributed by atoms with Crippen molar-refractivity contribution in [3.05, 3.63) is 29.3 Å². The number of benzene rings is 1. The van der Waals surface area contributed by atoms with Gasteiger partial charge in [0.2, 0.25) is 0 Å². The van der Waals surface area contributed by atoms with E-state index in [0.717, 1.165) is 11.3 Å². The van der Waals surface area contributed by atoms with Gasteiger partial charge in [-0.2, -0.15) is 0 Å². The lowest BCUT2D eigenvalue weighted by Crippen LogP contribution is -2.42. The average molecular weight is 279 g/mol. The topological polar surface area (TPSA) is 41.5 Å². The minimum absolute atomic E-state index is 0.189. The van der Waals surface area contributed by atoms with Gasteiger partial charge in [-0.1, -0.05) is 38.5 Å². The van der Waals surface area contributed by atoms with Crippen LogP contribution in [0.15, 0.2) is 18.2 Å². The summed E-state index contributed by atoms with van der Waals surface area (Å²) >= 11 is 0. The quantitative estimate of drug-likeness (QED) is 0.841. The first-order valence-corrected chi connectivity index (χ1v) is 7.31. The standard InChI is InChI=1S/C17H29NO2/c1-12-7-8-16(13(2)9-12)20-11-15(19)10-18-14(3)17(4,5)6/h7-9,14-15,18-19H,10-11H2,1-6H3/t14-,15-/m1/s1. The maximum atomic E-state index is 9.98. The molecule has 0 aromatic heterocycles. The van der Waals surface area contributed by atoms with E-state index in [1.54, 1.807) is 0 Å². The molecule has 0 aliphatic rings. The van der Waals surface area contributed by atoms with Gasteiger partial charge in [0, 0.05) is 12.6 Å². The third-order valence-corrected chi connectivity index (χ3v) is 3.72. The molecule has 0 heterocycles. The van der Waals surface area contributed by atoms with Gasteiger partial charge in [-0.25, -0.2) is 0 Å². The minimum Gasteiger partial charge on any atom is -0.491 e. The van der Waals surface area contributed by atoms with Crippen LogP contribution in [0, 0.1) is 19.3 Å². The molecule has 0 spiro atoms. The Morgan fingerprint density at radius 3 is 2.45 bits per heavy atom. The Hall–Kier alpha value is -1.06. The van der Waals surface area contributed by atoms with Crippen molar-refractivity contribution in [3.8, 4) is 5.75 Å². The molecule has 2 atom stereocenters. The maximum absolute atomic E-state index is 9.98. The smallest absolute Gasteiger partial charge is 0.122 e. The molecular formula is C17H29NO2. The summed E-state index contributed by atoms with van der Waals surface area (Å²) in [6.45, 7) is 13.6. The molecule has 0 aliphatic carbocycles. The van der Waals surface area contributed by atoms with E-state index in [9.17, 15) is 5.11 Å². The summed E-state index contributed by atoms with van der Waals surface area (Å²) < 4.78 is 5.68. The lowest BCUT2D eigenvalue weighted by atomic mass is 9.88. The lowest BCUT2D eigenvalue weighted by Gasteiger charge is -2.29. The molecule has 0 saturated heterocycles. The van der Waals surface area contributed by atoms with Gasteiger partial charge in [-0.3, -0.25) is 0 Å². The largest absolute Gasteiger partial charge is 0.491 e. The van der Waals surface area contributed by atoms with Crippen LogP contribution in [-0.2, 0) is 0 Å². The summed E-state index contributed by atoms with van der Waals surface area (Å²) in [6.07, 6.45) is -0.500. The molecule has 0 saturated carbocycles. The molecule has 0 amide bonds. The molecule has 3 nitrogen and oxygen atoms in total. The number of nitrogens with one attached hydrogen (secondary N) is 1. The van der Waals surface area contributed by atoms with Crippen LogP contribution in [-0.4, -0.2) is 30.4 Å². The molecule has 0 fully saturated rings. The second-order valence-electron chi connectivity index (χ2n) is 6.73. The van der Waals surface area contributed by atoms with Crippen molar-refractivity contribution < 1.29 is 9.84 Å². The van der Waals surface area contributed by atoms with Crippen LogP contribution in [0.4, 0.5) is 0 Å². The summed E-state index contributed by atoms with van der Waals surface area (Å²) in [5, 5.41) is 13.3. The van der Waals surface area contributed by atoms with Gasteiger partial charge in [-0.05, 0) is 37.8 Å². The highest BCUT2D eigenvalue weighted by Crippen LogP contribution is 2.19. The van der Waals surface area contributed by atoms with Gasteiger partial charge in [0.05, 0.1) is 0 Å². The molecule has 0 unspecified atom stereocenters. The highest BCUT2D eigenvalue weighted by atomic mass is 16.5. The third kappa shape index (κ3) is 5.51. The zero-order chi connectivity index (χ0) is 15.3. The number of hydrogen-bond donors (Lipinski definition) is 2. The predicted molar refractivity (Wildman–Crippen MR) is 84.3 cm³/mol. The van der Waals surface area contributed by atoms with E-state index in [2.05, 4.69) is 46.0 Å².